The molecular formula is C29H36N2O2S. The third-order valence-electron chi connectivity index (χ3n) is 6.74. The minimum Gasteiger partial charge on any atom is -0.496 e. The monoisotopic (exact) mass is 476 g/mol. The average Bonchev–Trinajstić information content (AvgIpc) is 3.44. The number of nitrogens with zero attached hydrogens (tertiary/aromatic N) is 2. The van der Waals surface area contributed by atoms with Crippen LogP contribution in [0.15, 0.2) is 66.0 Å². The SMILES string of the molecule is COc1ccccc1C1CN(Cc2sccc2C)CC1CN(CC(C)C)C(=O)c1ccccc1. The highest BCUT2D eigenvalue weighted by Crippen LogP contribution is 2.39. The van der Waals surface area contributed by atoms with Crippen LogP contribution in [0, 0.1) is 18.8 Å². The van der Waals surface area contributed by atoms with E-state index in [0.717, 1.165) is 44.0 Å². The molecule has 1 saturated heterocycles. The molecule has 1 fully saturated rings. The lowest BCUT2D eigenvalue weighted by Crippen LogP contribution is -2.39. The number of thiophene rings is 1. The molecule has 1 aromatic heterocycles. The van der Waals surface area contributed by atoms with Gasteiger partial charge in [0, 0.05) is 49.1 Å². The van der Waals surface area contributed by atoms with Crippen LogP contribution in [0.1, 0.15) is 46.1 Å². The molecule has 180 valence electrons. The lowest BCUT2D eigenvalue weighted by molar-refractivity contribution is 0.0703. The van der Waals surface area contributed by atoms with Gasteiger partial charge < -0.3 is 9.64 Å². The third-order valence-corrected chi connectivity index (χ3v) is 7.75. The molecule has 1 amide bonds. The molecule has 5 heteroatoms. The van der Waals surface area contributed by atoms with E-state index >= 15 is 0 Å². The van der Waals surface area contributed by atoms with Crippen molar-refractivity contribution in [2.75, 3.05) is 33.3 Å². The number of hydrogen-bond donors (Lipinski definition) is 0. The summed E-state index contributed by atoms with van der Waals surface area (Å²) < 4.78 is 5.76. The van der Waals surface area contributed by atoms with E-state index in [2.05, 4.69) is 60.2 Å². The summed E-state index contributed by atoms with van der Waals surface area (Å²) in [4.78, 5) is 19.6. The molecule has 4 rings (SSSR count). The summed E-state index contributed by atoms with van der Waals surface area (Å²) in [5.41, 5.74) is 3.38. The van der Waals surface area contributed by atoms with Crippen molar-refractivity contribution < 1.29 is 9.53 Å². The minimum absolute atomic E-state index is 0.126. The van der Waals surface area contributed by atoms with Crippen LogP contribution < -0.4 is 4.74 Å². The molecule has 1 aliphatic heterocycles. The van der Waals surface area contributed by atoms with Crippen molar-refractivity contribution >= 4 is 17.2 Å². The van der Waals surface area contributed by atoms with Crippen molar-refractivity contribution in [2.24, 2.45) is 11.8 Å². The summed E-state index contributed by atoms with van der Waals surface area (Å²) in [7, 11) is 1.75. The van der Waals surface area contributed by atoms with Gasteiger partial charge in [-0.2, -0.15) is 0 Å². The molecule has 0 aliphatic carbocycles. The Morgan fingerprint density at radius 2 is 1.82 bits per heavy atom. The van der Waals surface area contributed by atoms with Crippen LogP contribution in [0.2, 0.25) is 0 Å². The molecule has 34 heavy (non-hydrogen) atoms. The Morgan fingerprint density at radius 3 is 2.50 bits per heavy atom. The molecule has 1 aliphatic rings. The van der Waals surface area contributed by atoms with Gasteiger partial charge in [0.25, 0.3) is 5.91 Å². The summed E-state index contributed by atoms with van der Waals surface area (Å²) in [5, 5.41) is 2.18. The van der Waals surface area contributed by atoms with Crippen LogP contribution >= 0.6 is 11.3 Å². The van der Waals surface area contributed by atoms with Gasteiger partial charge in [-0.25, -0.2) is 0 Å². The van der Waals surface area contributed by atoms with Gasteiger partial charge in [-0.3, -0.25) is 9.69 Å². The lowest BCUT2D eigenvalue weighted by Gasteiger charge is -2.30. The van der Waals surface area contributed by atoms with Crippen LogP contribution in [-0.2, 0) is 6.54 Å². The molecule has 2 atom stereocenters. The number of carbonyl (C=O) groups is 1. The van der Waals surface area contributed by atoms with Gasteiger partial charge in [0.1, 0.15) is 5.75 Å². The number of methoxy groups -OCH3 is 1. The van der Waals surface area contributed by atoms with E-state index in [9.17, 15) is 4.79 Å². The van der Waals surface area contributed by atoms with Gasteiger partial charge in [0.05, 0.1) is 7.11 Å². The molecule has 0 saturated carbocycles. The molecule has 0 bridgehead atoms. The van der Waals surface area contributed by atoms with Crippen LogP contribution in [0.4, 0.5) is 0 Å². The van der Waals surface area contributed by atoms with E-state index < -0.39 is 0 Å². The third kappa shape index (κ3) is 5.70. The Balaban J connectivity index is 1.61. The zero-order chi connectivity index (χ0) is 24.1. The number of aryl methyl sites for hydroxylation is 1. The van der Waals surface area contributed by atoms with E-state index in [1.165, 1.54) is 16.0 Å². The maximum absolute atomic E-state index is 13.5. The highest BCUT2D eigenvalue weighted by molar-refractivity contribution is 7.10. The standard InChI is InChI=1S/C29H36N2O2S/c1-21(2)16-31(29(32)23-10-6-5-7-11-23)18-24-17-30(20-28-22(3)14-15-34-28)19-26(24)25-12-8-9-13-27(25)33-4/h5-15,21,24,26H,16-20H2,1-4H3. The van der Waals surface area contributed by atoms with Crippen molar-refractivity contribution in [3.05, 3.63) is 87.6 Å². The number of ether oxygens (including phenoxy) is 1. The normalized spacial score (nSPS) is 18.4. The van der Waals surface area contributed by atoms with Crippen molar-refractivity contribution in [3.8, 4) is 5.75 Å². The van der Waals surface area contributed by atoms with Crippen LogP contribution in [0.3, 0.4) is 0 Å². The van der Waals surface area contributed by atoms with Crippen molar-refractivity contribution in [1.29, 1.82) is 0 Å². The highest BCUT2D eigenvalue weighted by Gasteiger charge is 2.37. The zero-order valence-electron chi connectivity index (χ0n) is 20.7. The summed E-state index contributed by atoms with van der Waals surface area (Å²) in [6.07, 6.45) is 0. The first-order chi connectivity index (χ1) is 16.5. The second-order valence-corrected chi connectivity index (χ2v) is 10.8. The number of carbonyl (C=O) groups excluding carboxylic acids is 1. The van der Waals surface area contributed by atoms with Gasteiger partial charge in [-0.15, -0.1) is 11.3 Å². The van der Waals surface area contributed by atoms with E-state index in [1.54, 1.807) is 7.11 Å². The Bertz CT molecular complexity index is 1080. The maximum Gasteiger partial charge on any atom is 0.253 e. The van der Waals surface area contributed by atoms with Crippen LogP contribution in [0.25, 0.3) is 0 Å². The number of rotatable bonds is 9. The lowest BCUT2D eigenvalue weighted by atomic mass is 9.87. The van der Waals surface area contributed by atoms with E-state index in [-0.39, 0.29) is 5.91 Å². The molecule has 0 radical (unpaired) electrons. The van der Waals surface area contributed by atoms with Gasteiger partial charge in [0.15, 0.2) is 0 Å². The molecule has 0 N–H and O–H groups in total. The van der Waals surface area contributed by atoms with Gasteiger partial charge in [-0.1, -0.05) is 50.2 Å². The first-order valence-electron chi connectivity index (χ1n) is 12.2. The van der Waals surface area contributed by atoms with E-state index in [4.69, 9.17) is 4.74 Å². The first-order valence-corrected chi connectivity index (χ1v) is 13.1. The van der Waals surface area contributed by atoms with Crippen molar-refractivity contribution in [1.82, 2.24) is 9.80 Å². The quantitative estimate of drug-likeness (QED) is 0.375. The van der Waals surface area contributed by atoms with Crippen LogP contribution in [0.5, 0.6) is 5.75 Å². The number of hydrogen-bond acceptors (Lipinski definition) is 4. The Morgan fingerprint density at radius 1 is 1.09 bits per heavy atom. The second kappa shape index (κ2) is 11.2. The maximum atomic E-state index is 13.5. The first kappa shape index (κ1) is 24.5. The largest absolute Gasteiger partial charge is 0.496 e. The molecular weight excluding hydrogens is 440 g/mol. The zero-order valence-corrected chi connectivity index (χ0v) is 21.6. The van der Waals surface area contributed by atoms with Crippen molar-refractivity contribution in [3.63, 3.8) is 0 Å². The molecule has 2 aromatic carbocycles. The highest BCUT2D eigenvalue weighted by atomic mass is 32.1. The fourth-order valence-electron chi connectivity index (χ4n) is 5.10. The molecule has 2 unspecified atom stereocenters. The summed E-state index contributed by atoms with van der Waals surface area (Å²) in [5.74, 6) is 2.12. The minimum atomic E-state index is 0.126. The van der Waals surface area contributed by atoms with Crippen molar-refractivity contribution in [2.45, 2.75) is 33.2 Å². The number of para-hydroxylation sites is 1. The van der Waals surface area contributed by atoms with E-state index in [1.807, 2.05) is 47.7 Å². The Labute approximate surface area is 208 Å². The fraction of sp³-hybridized carbons (Fsp3) is 0.414. The topological polar surface area (TPSA) is 32.8 Å². The summed E-state index contributed by atoms with van der Waals surface area (Å²) in [6, 6.07) is 20.3. The Kier molecular flexibility index (Phi) is 8.07. The fourth-order valence-corrected chi connectivity index (χ4v) is 6.04. The van der Waals surface area contributed by atoms with Gasteiger partial charge in [0.2, 0.25) is 0 Å². The molecule has 0 spiro atoms. The predicted octanol–water partition coefficient (Wildman–Crippen LogP) is 6.08. The number of amides is 1. The number of benzene rings is 2. The molecule has 4 nitrogen and oxygen atoms in total. The summed E-state index contributed by atoms with van der Waals surface area (Å²) in [6.45, 7) is 11.0. The Hall–Kier alpha value is -2.63. The van der Waals surface area contributed by atoms with Gasteiger partial charge in [-0.05, 0) is 59.5 Å². The van der Waals surface area contributed by atoms with E-state index in [0.29, 0.717) is 17.8 Å². The average molecular weight is 477 g/mol. The molecule has 2 heterocycles. The predicted molar refractivity (Wildman–Crippen MR) is 141 cm³/mol. The van der Waals surface area contributed by atoms with Gasteiger partial charge >= 0.3 is 0 Å². The van der Waals surface area contributed by atoms with Crippen LogP contribution in [-0.4, -0.2) is 49.0 Å². The summed E-state index contributed by atoms with van der Waals surface area (Å²) >= 11 is 1.84. The molecule has 3 aromatic rings. The smallest absolute Gasteiger partial charge is 0.253 e. The number of likely N-dealkylation sites (tertiary alicyclic amines) is 1. The second-order valence-electron chi connectivity index (χ2n) is 9.80.